The van der Waals surface area contributed by atoms with Crippen molar-refractivity contribution in [1.29, 1.82) is 0 Å². The third-order valence-electron chi connectivity index (χ3n) is 4.52. The van der Waals surface area contributed by atoms with Gasteiger partial charge in [0.25, 0.3) is 0 Å². The summed E-state index contributed by atoms with van der Waals surface area (Å²) in [7, 11) is -3.30. The summed E-state index contributed by atoms with van der Waals surface area (Å²) < 4.78 is 27.7. The van der Waals surface area contributed by atoms with Crippen LogP contribution in [0.5, 0.6) is 0 Å². The maximum absolute atomic E-state index is 12.4. The molecule has 21 heavy (non-hydrogen) atoms. The highest BCUT2D eigenvalue weighted by atomic mass is 32.2. The highest BCUT2D eigenvalue weighted by Crippen LogP contribution is 2.28. The van der Waals surface area contributed by atoms with Gasteiger partial charge in [-0.25, -0.2) is 13.1 Å². The quantitative estimate of drug-likeness (QED) is 0.844. The Morgan fingerprint density at radius 1 is 1.24 bits per heavy atom. The molecule has 0 aliphatic carbocycles. The third-order valence-corrected chi connectivity index (χ3v) is 5.90. The minimum Gasteiger partial charge on any atom is -0.326 e. The van der Waals surface area contributed by atoms with E-state index in [1.165, 1.54) is 6.42 Å². The Hall–Kier alpha value is -0.950. The minimum absolute atomic E-state index is 0.0318. The van der Waals surface area contributed by atoms with Crippen LogP contribution in [0.3, 0.4) is 0 Å². The van der Waals surface area contributed by atoms with Crippen molar-refractivity contribution < 1.29 is 8.42 Å². The fraction of sp³-hybridized carbons (Fsp3) is 0.600. The Balaban J connectivity index is 1.66. The monoisotopic (exact) mass is 309 g/mol. The minimum atomic E-state index is -3.30. The molecule has 0 amide bonds. The van der Waals surface area contributed by atoms with Gasteiger partial charge < -0.3 is 5.73 Å². The van der Waals surface area contributed by atoms with E-state index in [4.69, 9.17) is 5.73 Å². The molecule has 6 heteroatoms. The first-order valence-electron chi connectivity index (χ1n) is 7.59. The molecule has 5 nitrogen and oxygen atoms in total. The number of rotatable bonds is 5. The van der Waals surface area contributed by atoms with Crippen LogP contribution >= 0.6 is 0 Å². The smallest absolute Gasteiger partial charge is 0.216 e. The summed E-state index contributed by atoms with van der Waals surface area (Å²) in [5, 5.41) is 0. The summed E-state index contributed by atoms with van der Waals surface area (Å²) in [4.78, 5) is 2.40. The molecule has 2 atom stereocenters. The highest BCUT2D eigenvalue weighted by molar-refractivity contribution is 7.88. The number of nitrogens with zero attached hydrogens (tertiary/aromatic N) is 1. The van der Waals surface area contributed by atoms with Crippen LogP contribution < -0.4 is 10.5 Å². The molecule has 2 heterocycles. The number of sulfonamides is 1. The van der Waals surface area contributed by atoms with Crippen molar-refractivity contribution in [2.75, 3.05) is 13.1 Å². The normalized spacial score (nSPS) is 26.1. The standard InChI is InChI=1S/C15H23N3O2S/c16-10-12-3-1-4-13(9-12)11-21(19,20)17-14-6-8-18-7-2-5-15(14)18/h1,3-4,9,14-15,17H,2,5-8,10-11,16H2. The maximum atomic E-state index is 12.4. The lowest BCUT2D eigenvalue weighted by atomic mass is 10.1. The van der Waals surface area contributed by atoms with E-state index in [0.717, 1.165) is 37.1 Å². The van der Waals surface area contributed by atoms with E-state index in [-0.39, 0.29) is 11.8 Å². The first-order valence-corrected chi connectivity index (χ1v) is 9.24. The van der Waals surface area contributed by atoms with Gasteiger partial charge in [0, 0.05) is 25.2 Å². The van der Waals surface area contributed by atoms with Crippen molar-refractivity contribution in [1.82, 2.24) is 9.62 Å². The summed E-state index contributed by atoms with van der Waals surface area (Å²) >= 11 is 0. The van der Waals surface area contributed by atoms with Crippen molar-refractivity contribution in [3.8, 4) is 0 Å². The molecule has 1 aromatic rings. The summed E-state index contributed by atoms with van der Waals surface area (Å²) in [6.45, 7) is 2.56. The second-order valence-electron chi connectivity index (χ2n) is 6.04. The molecule has 3 N–H and O–H groups in total. The zero-order valence-electron chi connectivity index (χ0n) is 12.2. The molecule has 3 rings (SSSR count). The molecule has 2 aliphatic rings. The summed E-state index contributed by atoms with van der Waals surface area (Å²) in [5.41, 5.74) is 7.36. The number of hydrogen-bond donors (Lipinski definition) is 2. The molecular weight excluding hydrogens is 286 g/mol. The first kappa shape index (κ1) is 15.0. The van der Waals surface area contributed by atoms with E-state index in [1.54, 1.807) is 0 Å². The van der Waals surface area contributed by atoms with Crippen molar-refractivity contribution >= 4 is 10.0 Å². The van der Waals surface area contributed by atoms with Gasteiger partial charge in [-0.1, -0.05) is 24.3 Å². The summed E-state index contributed by atoms with van der Waals surface area (Å²) in [5.74, 6) is 0.0318. The SMILES string of the molecule is NCc1cccc(CS(=O)(=O)NC2CCN3CCCC23)c1. The Labute approximate surface area is 126 Å². The molecule has 2 saturated heterocycles. The van der Waals surface area contributed by atoms with E-state index in [2.05, 4.69) is 9.62 Å². The summed E-state index contributed by atoms with van der Waals surface area (Å²) in [6.07, 6.45) is 3.21. The molecule has 2 unspecified atom stereocenters. The third kappa shape index (κ3) is 3.45. The van der Waals surface area contributed by atoms with E-state index in [1.807, 2.05) is 24.3 Å². The molecule has 2 aliphatic heterocycles. The second-order valence-corrected chi connectivity index (χ2v) is 7.80. The van der Waals surface area contributed by atoms with Gasteiger partial charge in [-0.05, 0) is 36.9 Å². The van der Waals surface area contributed by atoms with Crippen LogP contribution in [0, 0.1) is 0 Å². The molecule has 0 spiro atoms. The number of hydrogen-bond acceptors (Lipinski definition) is 4. The Bertz CT molecular complexity index is 603. The number of nitrogens with two attached hydrogens (primary N) is 1. The van der Waals surface area contributed by atoms with Gasteiger partial charge in [0.15, 0.2) is 0 Å². The van der Waals surface area contributed by atoms with Gasteiger partial charge in [0.1, 0.15) is 0 Å². The largest absolute Gasteiger partial charge is 0.326 e. The average molecular weight is 309 g/mol. The fourth-order valence-electron chi connectivity index (χ4n) is 3.56. The second kappa shape index (κ2) is 6.04. The first-order chi connectivity index (χ1) is 10.1. The van der Waals surface area contributed by atoms with Crippen LogP contribution in [0.1, 0.15) is 30.4 Å². The van der Waals surface area contributed by atoms with Crippen molar-refractivity contribution in [3.05, 3.63) is 35.4 Å². The maximum Gasteiger partial charge on any atom is 0.216 e. The highest BCUT2D eigenvalue weighted by Gasteiger charge is 2.38. The number of nitrogens with one attached hydrogen (secondary N) is 1. The fourth-order valence-corrected chi connectivity index (χ4v) is 5.00. The van der Waals surface area contributed by atoms with Gasteiger partial charge in [-0.15, -0.1) is 0 Å². The van der Waals surface area contributed by atoms with Crippen LogP contribution in [-0.2, 0) is 22.3 Å². The van der Waals surface area contributed by atoms with Gasteiger partial charge in [-0.2, -0.15) is 0 Å². The molecule has 0 saturated carbocycles. The van der Waals surface area contributed by atoms with Gasteiger partial charge in [-0.3, -0.25) is 4.90 Å². The van der Waals surface area contributed by atoms with Gasteiger partial charge >= 0.3 is 0 Å². The van der Waals surface area contributed by atoms with Crippen LogP contribution in [0.2, 0.25) is 0 Å². The topological polar surface area (TPSA) is 75.4 Å². The molecule has 0 bridgehead atoms. The van der Waals surface area contributed by atoms with Crippen LogP contribution in [0.4, 0.5) is 0 Å². The predicted molar refractivity (Wildman–Crippen MR) is 83.1 cm³/mol. The zero-order valence-corrected chi connectivity index (χ0v) is 13.0. The summed E-state index contributed by atoms with van der Waals surface area (Å²) in [6, 6.07) is 7.97. The Morgan fingerprint density at radius 2 is 2.05 bits per heavy atom. The number of benzene rings is 1. The lowest BCUT2D eigenvalue weighted by Crippen LogP contribution is -2.42. The zero-order chi connectivity index (χ0) is 14.9. The molecular formula is C15H23N3O2S. The van der Waals surface area contributed by atoms with E-state index in [0.29, 0.717) is 12.6 Å². The van der Waals surface area contributed by atoms with E-state index < -0.39 is 10.0 Å². The van der Waals surface area contributed by atoms with Crippen LogP contribution in [-0.4, -0.2) is 38.5 Å². The average Bonchev–Trinajstić information content (AvgIpc) is 3.03. The van der Waals surface area contributed by atoms with Crippen molar-refractivity contribution in [3.63, 3.8) is 0 Å². The lowest BCUT2D eigenvalue weighted by Gasteiger charge is -2.21. The van der Waals surface area contributed by atoms with Crippen molar-refractivity contribution in [2.24, 2.45) is 5.73 Å². The van der Waals surface area contributed by atoms with E-state index in [9.17, 15) is 8.42 Å². The molecule has 2 fully saturated rings. The van der Waals surface area contributed by atoms with Gasteiger partial charge in [0.05, 0.1) is 5.75 Å². The van der Waals surface area contributed by atoms with Crippen LogP contribution in [0.15, 0.2) is 24.3 Å². The Kier molecular flexibility index (Phi) is 4.31. The Morgan fingerprint density at radius 3 is 2.86 bits per heavy atom. The van der Waals surface area contributed by atoms with E-state index >= 15 is 0 Å². The predicted octanol–water partition coefficient (Wildman–Crippen LogP) is 0.801. The molecule has 116 valence electrons. The molecule has 0 radical (unpaired) electrons. The van der Waals surface area contributed by atoms with Crippen molar-refractivity contribution in [2.45, 2.75) is 43.6 Å². The van der Waals surface area contributed by atoms with Gasteiger partial charge in [0.2, 0.25) is 10.0 Å². The lowest BCUT2D eigenvalue weighted by molar-refractivity contribution is 0.309. The number of fused-ring (bicyclic) bond motifs is 1. The molecule has 1 aromatic carbocycles. The van der Waals surface area contributed by atoms with Crippen LogP contribution in [0.25, 0.3) is 0 Å². The molecule has 0 aromatic heterocycles.